The summed E-state index contributed by atoms with van der Waals surface area (Å²) in [5, 5.41) is 0. The Morgan fingerprint density at radius 1 is 0.269 bits per heavy atom. The molecule has 0 aliphatic rings. The first-order valence-electron chi connectivity index (χ1n) is 32.9. The van der Waals surface area contributed by atoms with Crippen LogP contribution in [0.2, 0.25) is 0 Å². The van der Waals surface area contributed by atoms with Gasteiger partial charge in [-0.1, -0.05) is 271 Å². The molecule has 0 N–H and O–H groups in total. The SMILES string of the molecule is CC/C=C\C/C=C\C/C=C\C/C=C\CCCCCCCCC(=O)OC(COC(=O)CCCCCCC/C=C\C/C=C\CCCCCC)COC(=O)CCCCCCCCCCCC/C=C\C/C=C\C/C=C\CCCCCCC. The van der Waals surface area contributed by atoms with Crippen LogP contribution in [0.3, 0.4) is 0 Å². The first-order chi connectivity index (χ1) is 38.5. The molecule has 0 aliphatic carbocycles. The number of unbranched alkanes of at least 4 members (excludes halogenated alkanes) is 30. The lowest BCUT2D eigenvalue weighted by Crippen LogP contribution is -2.30. The molecule has 446 valence electrons. The van der Waals surface area contributed by atoms with E-state index in [1.54, 1.807) is 0 Å². The van der Waals surface area contributed by atoms with Gasteiger partial charge in [-0.15, -0.1) is 0 Å². The lowest BCUT2D eigenvalue weighted by atomic mass is 10.1. The number of carbonyl (C=O) groups is 3. The smallest absolute Gasteiger partial charge is 0.306 e. The Morgan fingerprint density at radius 3 is 0.795 bits per heavy atom. The summed E-state index contributed by atoms with van der Waals surface area (Å²) in [6.07, 6.45) is 89.4. The predicted octanol–water partition coefficient (Wildman–Crippen LogP) is 22.6. The maximum Gasteiger partial charge on any atom is 0.306 e. The van der Waals surface area contributed by atoms with Crippen LogP contribution < -0.4 is 0 Å². The third kappa shape index (κ3) is 62.9. The van der Waals surface area contributed by atoms with Crippen molar-refractivity contribution in [2.24, 2.45) is 0 Å². The van der Waals surface area contributed by atoms with Crippen LogP contribution in [0.15, 0.2) is 109 Å². The van der Waals surface area contributed by atoms with E-state index < -0.39 is 6.10 Å². The molecule has 1 atom stereocenters. The van der Waals surface area contributed by atoms with E-state index in [1.807, 2.05) is 0 Å². The highest BCUT2D eigenvalue weighted by atomic mass is 16.6. The predicted molar refractivity (Wildman–Crippen MR) is 339 cm³/mol. The minimum Gasteiger partial charge on any atom is -0.462 e. The van der Waals surface area contributed by atoms with Crippen molar-refractivity contribution in [3.8, 4) is 0 Å². The topological polar surface area (TPSA) is 78.9 Å². The average Bonchev–Trinajstić information content (AvgIpc) is 3.44. The lowest BCUT2D eigenvalue weighted by Gasteiger charge is -2.18. The van der Waals surface area contributed by atoms with Crippen LogP contribution in [-0.4, -0.2) is 37.2 Å². The van der Waals surface area contributed by atoms with Crippen molar-refractivity contribution in [3.05, 3.63) is 109 Å². The van der Waals surface area contributed by atoms with Gasteiger partial charge in [-0.05, 0) is 128 Å². The van der Waals surface area contributed by atoms with Gasteiger partial charge in [0, 0.05) is 19.3 Å². The fourth-order valence-corrected chi connectivity index (χ4v) is 9.06. The summed E-state index contributed by atoms with van der Waals surface area (Å²) >= 11 is 0. The summed E-state index contributed by atoms with van der Waals surface area (Å²) in [7, 11) is 0. The number of carbonyl (C=O) groups excluding carboxylic acids is 3. The van der Waals surface area contributed by atoms with Crippen molar-refractivity contribution in [3.63, 3.8) is 0 Å². The molecule has 0 amide bonds. The summed E-state index contributed by atoms with van der Waals surface area (Å²) in [5.41, 5.74) is 0. The van der Waals surface area contributed by atoms with Crippen LogP contribution in [0, 0.1) is 0 Å². The molecular formula is C72H122O6. The fraction of sp³-hybridized carbons (Fsp3) is 0.708. The Kier molecular flexibility index (Phi) is 62.3. The highest BCUT2D eigenvalue weighted by Gasteiger charge is 2.19. The molecule has 0 saturated carbocycles. The zero-order chi connectivity index (χ0) is 56.4. The van der Waals surface area contributed by atoms with E-state index in [0.717, 1.165) is 135 Å². The second-order valence-corrected chi connectivity index (χ2v) is 21.6. The van der Waals surface area contributed by atoms with Gasteiger partial charge in [-0.2, -0.15) is 0 Å². The number of esters is 3. The largest absolute Gasteiger partial charge is 0.462 e. The minimum atomic E-state index is -0.797. The number of hydrogen-bond donors (Lipinski definition) is 0. The molecule has 78 heavy (non-hydrogen) atoms. The summed E-state index contributed by atoms with van der Waals surface area (Å²) in [6.45, 7) is 6.49. The van der Waals surface area contributed by atoms with Crippen LogP contribution in [0.5, 0.6) is 0 Å². The standard InChI is InChI=1S/C72H122O6/c1-4-7-10-13-16-19-22-25-28-31-33-34-35-36-37-38-40-41-44-47-50-53-56-59-62-65-71(74)77-68-69(67-76-70(73)64-61-58-55-52-49-46-43-30-27-24-21-18-15-12-9-6-3)78-72(75)66-63-60-57-54-51-48-45-42-39-32-29-26-23-20-17-14-11-8-5-2/h8,11,17,20-22,24-26,29-31,33,35-36,39,42-43,69H,4-7,9-10,12-16,18-19,23,27-28,32,34,37-38,40-41,44-68H2,1-3H3/b11-8-,20-17-,24-21-,25-22-,29-26-,33-31-,36-35-,42-39-,43-30-. The van der Waals surface area contributed by atoms with E-state index in [0.29, 0.717) is 19.3 Å². The molecule has 0 fully saturated rings. The number of rotatable bonds is 59. The average molecular weight is 1080 g/mol. The Morgan fingerprint density at radius 2 is 0.500 bits per heavy atom. The molecule has 0 saturated heterocycles. The van der Waals surface area contributed by atoms with Gasteiger partial charge in [0.15, 0.2) is 6.10 Å². The summed E-state index contributed by atoms with van der Waals surface area (Å²) in [4.78, 5) is 38.4. The zero-order valence-electron chi connectivity index (χ0n) is 51.2. The third-order valence-electron chi connectivity index (χ3n) is 14.0. The van der Waals surface area contributed by atoms with Gasteiger partial charge >= 0.3 is 17.9 Å². The van der Waals surface area contributed by atoms with E-state index in [-0.39, 0.29) is 31.1 Å². The van der Waals surface area contributed by atoms with Crippen molar-refractivity contribution in [1.29, 1.82) is 0 Å². The van der Waals surface area contributed by atoms with Gasteiger partial charge < -0.3 is 14.2 Å². The van der Waals surface area contributed by atoms with E-state index in [2.05, 4.69) is 130 Å². The van der Waals surface area contributed by atoms with Gasteiger partial charge in [0.2, 0.25) is 0 Å². The van der Waals surface area contributed by atoms with Crippen molar-refractivity contribution in [2.75, 3.05) is 13.2 Å². The van der Waals surface area contributed by atoms with Gasteiger partial charge in [0.25, 0.3) is 0 Å². The van der Waals surface area contributed by atoms with Crippen molar-refractivity contribution in [1.82, 2.24) is 0 Å². The maximum absolute atomic E-state index is 12.9. The molecular weight excluding hydrogens is 961 g/mol. The van der Waals surface area contributed by atoms with Crippen molar-refractivity contribution >= 4 is 17.9 Å². The van der Waals surface area contributed by atoms with Gasteiger partial charge in [-0.3, -0.25) is 14.4 Å². The van der Waals surface area contributed by atoms with Gasteiger partial charge in [0.05, 0.1) is 0 Å². The van der Waals surface area contributed by atoms with E-state index in [1.165, 1.54) is 135 Å². The van der Waals surface area contributed by atoms with Crippen LogP contribution in [0.4, 0.5) is 0 Å². The molecule has 0 aromatic heterocycles. The molecule has 6 heteroatoms. The quantitative estimate of drug-likeness (QED) is 0.0261. The summed E-state index contributed by atoms with van der Waals surface area (Å²) in [5.74, 6) is -0.915. The first kappa shape index (κ1) is 74.1. The summed E-state index contributed by atoms with van der Waals surface area (Å²) < 4.78 is 16.9. The van der Waals surface area contributed by atoms with Crippen LogP contribution >= 0.6 is 0 Å². The second kappa shape index (κ2) is 65.6. The molecule has 1 unspecified atom stereocenters. The molecule has 0 bridgehead atoms. The summed E-state index contributed by atoms with van der Waals surface area (Å²) in [6, 6.07) is 0. The number of hydrogen-bond acceptors (Lipinski definition) is 6. The highest BCUT2D eigenvalue weighted by molar-refractivity contribution is 5.71. The molecule has 0 spiro atoms. The highest BCUT2D eigenvalue weighted by Crippen LogP contribution is 2.15. The Balaban J connectivity index is 4.40. The Hall–Kier alpha value is -3.93. The zero-order valence-corrected chi connectivity index (χ0v) is 51.2. The molecule has 0 radical (unpaired) electrons. The lowest BCUT2D eigenvalue weighted by molar-refractivity contribution is -0.167. The maximum atomic E-state index is 12.9. The van der Waals surface area contributed by atoms with Gasteiger partial charge in [0.1, 0.15) is 13.2 Å². The molecule has 0 rings (SSSR count). The van der Waals surface area contributed by atoms with Crippen LogP contribution in [-0.2, 0) is 28.6 Å². The van der Waals surface area contributed by atoms with Crippen molar-refractivity contribution in [2.45, 2.75) is 316 Å². The molecule has 6 nitrogen and oxygen atoms in total. The normalized spacial score (nSPS) is 12.8. The van der Waals surface area contributed by atoms with E-state index in [9.17, 15) is 14.4 Å². The van der Waals surface area contributed by atoms with E-state index >= 15 is 0 Å². The second-order valence-electron chi connectivity index (χ2n) is 21.6. The van der Waals surface area contributed by atoms with Crippen LogP contribution in [0.1, 0.15) is 310 Å². The molecule has 0 aliphatic heterocycles. The van der Waals surface area contributed by atoms with E-state index in [4.69, 9.17) is 14.2 Å². The first-order valence-corrected chi connectivity index (χ1v) is 32.9. The number of ether oxygens (including phenoxy) is 3. The van der Waals surface area contributed by atoms with Crippen LogP contribution in [0.25, 0.3) is 0 Å². The fourth-order valence-electron chi connectivity index (χ4n) is 9.06. The number of allylic oxidation sites excluding steroid dienone is 18. The van der Waals surface area contributed by atoms with Gasteiger partial charge in [-0.25, -0.2) is 0 Å². The Bertz CT molecular complexity index is 1570. The Labute approximate surface area is 482 Å². The van der Waals surface area contributed by atoms with Crippen molar-refractivity contribution < 1.29 is 28.6 Å². The molecule has 0 heterocycles. The molecule has 0 aromatic rings. The molecule has 0 aromatic carbocycles. The monoisotopic (exact) mass is 1080 g/mol. The minimum absolute atomic E-state index is 0.0913. The third-order valence-corrected chi connectivity index (χ3v) is 14.0.